The largest absolute Gasteiger partial charge is 0.298 e. The van der Waals surface area contributed by atoms with Crippen LogP contribution >= 0.6 is 11.6 Å². The maximum atomic E-state index is 6.36. The highest BCUT2D eigenvalue weighted by atomic mass is 35.5. The Balaban J connectivity index is 1.97. The van der Waals surface area contributed by atoms with Crippen molar-refractivity contribution in [3.8, 4) is 0 Å². The van der Waals surface area contributed by atoms with E-state index in [9.17, 15) is 0 Å². The molecule has 16 heavy (non-hydrogen) atoms. The van der Waals surface area contributed by atoms with Crippen LogP contribution < -0.4 is 0 Å². The molecule has 88 valence electrons. The number of benzene rings is 1. The molecule has 0 radical (unpaired) electrons. The molecular formula is C14H20ClN. The van der Waals surface area contributed by atoms with E-state index in [1.807, 2.05) is 0 Å². The Bertz CT molecular complexity index is 313. The van der Waals surface area contributed by atoms with E-state index in [1.54, 1.807) is 0 Å². The highest BCUT2D eigenvalue weighted by molar-refractivity contribution is 6.21. The summed E-state index contributed by atoms with van der Waals surface area (Å²) in [5, 5.41) is 0.340. The molecule has 0 amide bonds. The van der Waals surface area contributed by atoms with Crippen LogP contribution in [0.25, 0.3) is 0 Å². The summed E-state index contributed by atoms with van der Waals surface area (Å²) in [6.07, 6.45) is 0. The van der Waals surface area contributed by atoms with E-state index in [0.717, 1.165) is 19.6 Å². The number of hydrogen-bond acceptors (Lipinski definition) is 1. The molecule has 0 aliphatic carbocycles. The van der Waals surface area contributed by atoms with Crippen LogP contribution in [-0.4, -0.2) is 23.4 Å². The van der Waals surface area contributed by atoms with Crippen molar-refractivity contribution in [1.29, 1.82) is 0 Å². The molecule has 1 nitrogen and oxygen atoms in total. The highest BCUT2D eigenvalue weighted by Gasteiger charge is 2.29. The normalized spacial score (nSPS) is 28.2. The van der Waals surface area contributed by atoms with Gasteiger partial charge in [-0.15, -0.1) is 11.6 Å². The average Bonchev–Trinajstić information content (AvgIpc) is 2.27. The summed E-state index contributed by atoms with van der Waals surface area (Å²) in [6, 6.07) is 10.7. The molecule has 2 atom stereocenters. The minimum Gasteiger partial charge on any atom is -0.298 e. The van der Waals surface area contributed by atoms with Crippen molar-refractivity contribution in [3.63, 3.8) is 0 Å². The lowest BCUT2D eigenvalue weighted by Crippen LogP contribution is -2.44. The molecule has 1 fully saturated rings. The van der Waals surface area contributed by atoms with Gasteiger partial charge in [-0.2, -0.15) is 0 Å². The first-order valence-electron chi connectivity index (χ1n) is 6.07. The van der Waals surface area contributed by atoms with E-state index in [2.05, 4.69) is 49.1 Å². The Morgan fingerprint density at radius 2 is 1.69 bits per heavy atom. The van der Waals surface area contributed by atoms with Crippen molar-refractivity contribution in [2.24, 2.45) is 11.8 Å². The second-order valence-corrected chi connectivity index (χ2v) is 5.58. The van der Waals surface area contributed by atoms with Gasteiger partial charge in [-0.3, -0.25) is 4.90 Å². The monoisotopic (exact) mass is 237 g/mol. The molecule has 0 N–H and O–H groups in total. The van der Waals surface area contributed by atoms with Gasteiger partial charge in [0.15, 0.2) is 0 Å². The van der Waals surface area contributed by atoms with E-state index >= 15 is 0 Å². The third-order valence-corrected chi connectivity index (χ3v) is 4.29. The van der Waals surface area contributed by atoms with E-state index in [1.165, 1.54) is 5.56 Å². The Labute approximate surface area is 103 Å². The smallest absolute Gasteiger partial charge is 0.0411 e. The molecule has 1 aromatic carbocycles. The van der Waals surface area contributed by atoms with Gasteiger partial charge in [-0.1, -0.05) is 44.2 Å². The second kappa shape index (κ2) is 5.20. The molecular weight excluding hydrogens is 218 g/mol. The zero-order chi connectivity index (χ0) is 11.5. The fourth-order valence-electron chi connectivity index (χ4n) is 2.62. The van der Waals surface area contributed by atoms with Gasteiger partial charge in [0.25, 0.3) is 0 Å². The van der Waals surface area contributed by atoms with E-state index in [0.29, 0.717) is 17.2 Å². The molecule has 0 bridgehead atoms. The standard InChI is InChI=1S/C14H20ClN/c1-11-8-16(9-12(2)14(11)15)10-13-6-4-3-5-7-13/h3-7,11-12,14H,8-10H2,1-2H3/t11-,12-/m0/s1. The number of halogens is 1. The fraction of sp³-hybridized carbons (Fsp3) is 0.571. The van der Waals surface area contributed by atoms with Crippen molar-refractivity contribution >= 4 is 11.6 Å². The molecule has 1 aromatic rings. The van der Waals surface area contributed by atoms with Crippen LogP contribution in [-0.2, 0) is 6.54 Å². The Morgan fingerprint density at radius 1 is 1.12 bits per heavy atom. The third kappa shape index (κ3) is 2.78. The molecule has 0 spiro atoms. The summed E-state index contributed by atoms with van der Waals surface area (Å²) in [6.45, 7) is 7.80. The molecule has 1 aliphatic heterocycles. The van der Waals surface area contributed by atoms with Crippen molar-refractivity contribution in [2.75, 3.05) is 13.1 Å². The van der Waals surface area contributed by atoms with Crippen LogP contribution in [0.4, 0.5) is 0 Å². The number of alkyl halides is 1. The Kier molecular flexibility index (Phi) is 3.88. The SMILES string of the molecule is C[C@H]1CN(Cc2ccccc2)C[C@H](C)C1Cl. The van der Waals surface area contributed by atoms with Gasteiger partial charge in [0.1, 0.15) is 0 Å². The summed E-state index contributed by atoms with van der Waals surface area (Å²) >= 11 is 6.36. The maximum Gasteiger partial charge on any atom is 0.0411 e. The number of nitrogens with zero attached hydrogens (tertiary/aromatic N) is 1. The van der Waals surface area contributed by atoms with Gasteiger partial charge in [0.05, 0.1) is 0 Å². The summed E-state index contributed by atoms with van der Waals surface area (Å²) in [5.74, 6) is 1.18. The molecule has 0 aromatic heterocycles. The molecule has 0 unspecified atom stereocenters. The average molecular weight is 238 g/mol. The van der Waals surface area contributed by atoms with Crippen LogP contribution in [0.2, 0.25) is 0 Å². The zero-order valence-corrected chi connectivity index (χ0v) is 10.8. The van der Waals surface area contributed by atoms with Crippen molar-refractivity contribution in [3.05, 3.63) is 35.9 Å². The Morgan fingerprint density at radius 3 is 2.25 bits per heavy atom. The van der Waals surface area contributed by atoms with Crippen molar-refractivity contribution in [1.82, 2.24) is 4.90 Å². The summed E-state index contributed by atoms with van der Waals surface area (Å²) in [5.41, 5.74) is 1.40. The van der Waals surface area contributed by atoms with E-state index in [4.69, 9.17) is 11.6 Å². The minimum absolute atomic E-state index is 0.340. The zero-order valence-electron chi connectivity index (χ0n) is 10.1. The number of piperidine rings is 1. The number of rotatable bonds is 2. The third-order valence-electron chi connectivity index (χ3n) is 3.43. The van der Waals surface area contributed by atoms with Crippen molar-refractivity contribution in [2.45, 2.75) is 25.8 Å². The molecule has 0 saturated carbocycles. The fourth-order valence-corrected chi connectivity index (χ4v) is 2.78. The summed E-state index contributed by atoms with van der Waals surface area (Å²) < 4.78 is 0. The number of likely N-dealkylation sites (tertiary alicyclic amines) is 1. The lowest BCUT2D eigenvalue weighted by molar-refractivity contribution is 0.138. The van der Waals surface area contributed by atoms with Gasteiger partial charge < -0.3 is 0 Å². The quantitative estimate of drug-likeness (QED) is 0.713. The maximum absolute atomic E-state index is 6.36. The van der Waals surface area contributed by atoms with Crippen LogP contribution in [0.15, 0.2) is 30.3 Å². The molecule has 1 aliphatic rings. The van der Waals surface area contributed by atoms with Gasteiger partial charge in [0.2, 0.25) is 0 Å². The van der Waals surface area contributed by atoms with Crippen LogP contribution in [0.3, 0.4) is 0 Å². The second-order valence-electron chi connectivity index (χ2n) is 5.08. The lowest BCUT2D eigenvalue weighted by atomic mass is 9.91. The van der Waals surface area contributed by atoms with Crippen LogP contribution in [0, 0.1) is 11.8 Å². The first-order valence-corrected chi connectivity index (χ1v) is 6.51. The molecule has 1 heterocycles. The van der Waals surface area contributed by atoms with Crippen LogP contribution in [0.5, 0.6) is 0 Å². The van der Waals surface area contributed by atoms with Gasteiger partial charge in [-0.25, -0.2) is 0 Å². The van der Waals surface area contributed by atoms with E-state index < -0.39 is 0 Å². The molecule has 1 saturated heterocycles. The van der Waals surface area contributed by atoms with Gasteiger partial charge in [-0.05, 0) is 17.4 Å². The van der Waals surface area contributed by atoms with Crippen LogP contribution in [0.1, 0.15) is 19.4 Å². The Hall–Kier alpha value is -0.530. The van der Waals surface area contributed by atoms with Gasteiger partial charge >= 0.3 is 0 Å². The first-order chi connectivity index (χ1) is 7.66. The first kappa shape index (κ1) is 11.9. The van der Waals surface area contributed by atoms with Gasteiger partial charge in [0, 0.05) is 25.0 Å². The minimum atomic E-state index is 0.340. The van der Waals surface area contributed by atoms with E-state index in [-0.39, 0.29) is 0 Å². The predicted molar refractivity (Wildman–Crippen MR) is 69.7 cm³/mol. The van der Waals surface area contributed by atoms with Crippen molar-refractivity contribution < 1.29 is 0 Å². The molecule has 2 heteroatoms. The lowest BCUT2D eigenvalue weighted by Gasteiger charge is -2.38. The number of hydrogen-bond donors (Lipinski definition) is 0. The molecule has 2 rings (SSSR count). The summed E-state index contributed by atoms with van der Waals surface area (Å²) in [4.78, 5) is 2.52. The predicted octanol–water partition coefficient (Wildman–Crippen LogP) is 3.38. The topological polar surface area (TPSA) is 3.24 Å². The summed E-state index contributed by atoms with van der Waals surface area (Å²) in [7, 11) is 0. The highest BCUT2D eigenvalue weighted by Crippen LogP contribution is 2.27.